The lowest BCUT2D eigenvalue weighted by Gasteiger charge is -2.10. The van der Waals surface area contributed by atoms with Crippen LogP contribution in [0.1, 0.15) is 37.8 Å². The van der Waals surface area contributed by atoms with Gasteiger partial charge in [0, 0.05) is 19.2 Å². The van der Waals surface area contributed by atoms with E-state index >= 15 is 0 Å². The quantitative estimate of drug-likeness (QED) is 0.593. The molecule has 4 heteroatoms. The van der Waals surface area contributed by atoms with Crippen LogP contribution in [0.3, 0.4) is 0 Å². The predicted molar refractivity (Wildman–Crippen MR) is 82.7 cm³/mol. The van der Waals surface area contributed by atoms with E-state index in [1.54, 1.807) is 0 Å². The van der Waals surface area contributed by atoms with E-state index in [4.69, 9.17) is 4.74 Å². The zero-order chi connectivity index (χ0) is 14.2. The molecule has 0 bridgehead atoms. The first-order valence-corrected chi connectivity index (χ1v) is 7.52. The highest BCUT2D eigenvalue weighted by Crippen LogP contribution is 2.18. The fourth-order valence-electron chi connectivity index (χ4n) is 1.87. The molecule has 0 heterocycles. The summed E-state index contributed by atoms with van der Waals surface area (Å²) in [5.41, 5.74) is 2.43. The van der Waals surface area contributed by atoms with Crippen molar-refractivity contribution < 1.29 is 4.74 Å². The van der Waals surface area contributed by atoms with Crippen LogP contribution in [0.5, 0.6) is 0 Å². The number of nitrogens with one attached hydrogen (secondary N) is 2. The number of rotatable bonds is 7. The smallest absolute Gasteiger partial charge is 0.191 e. The molecule has 20 heavy (non-hydrogen) atoms. The average Bonchev–Trinajstić information content (AvgIpc) is 3.28. The van der Waals surface area contributed by atoms with Gasteiger partial charge in [-0.3, -0.25) is 0 Å². The van der Waals surface area contributed by atoms with E-state index < -0.39 is 0 Å². The molecule has 4 nitrogen and oxygen atoms in total. The molecule has 2 N–H and O–H groups in total. The van der Waals surface area contributed by atoms with Gasteiger partial charge in [-0.1, -0.05) is 24.3 Å². The van der Waals surface area contributed by atoms with Gasteiger partial charge in [-0.25, -0.2) is 4.99 Å². The summed E-state index contributed by atoms with van der Waals surface area (Å²) in [6, 6.07) is 9.10. The second kappa shape index (κ2) is 7.90. The Balaban J connectivity index is 1.86. The molecule has 0 radical (unpaired) electrons. The molecule has 1 saturated carbocycles. The van der Waals surface area contributed by atoms with Gasteiger partial charge in [0.1, 0.15) is 0 Å². The Morgan fingerprint density at radius 2 is 1.90 bits per heavy atom. The SMILES string of the molecule is CCNC(=NCc1ccc(COCC)cc1)NC1CC1. The summed E-state index contributed by atoms with van der Waals surface area (Å²) < 4.78 is 5.39. The minimum Gasteiger partial charge on any atom is -0.377 e. The van der Waals surface area contributed by atoms with Crippen molar-refractivity contribution >= 4 is 5.96 Å². The molecule has 0 aromatic heterocycles. The fraction of sp³-hybridized carbons (Fsp3) is 0.562. The van der Waals surface area contributed by atoms with E-state index in [0.717, 1.165) is 19.1 Å². The summed E-state index contributed by atoms with van der Waals surface area (Å²) in [6.45, 7) is 7.14. The monoisotopic (exact) mass is 275 g/mol. The van der Waals surface area contributed by atoms with Gasteiger partial charge in [0.15, 0.2) is 5.96 Å². The van der Waals surface area contributed by atoms with Crippen molar-refractivity contribution in [2.45, 2.75) is 45.9 Å². The van der Waals surface area contributed by atoms with E-state index in [9.17, 15) is 0 Å². The molecule has 1 fully saturated rings. The maximum Gasteiger partial charge on any atom is 0.191 e. The van der Waals surface area contributed by atoms with Gasteiger partial charge < -0.3 is 15.4 Å². The first-order chi connectivity index (χ1) is 9.81. The van der Waals surface area contributed by atoms with Crippen molar-refractivity contribution in [1.29, 1.82) is 0 Å². The molecule has 1 aromatic carbocycles. The topological polar surface area (TPSA) is 45.7 Å². The second-order valence-electron chi connectivity index (χ2n) is 5.07. The van der Waals surface area contributed by atoms with E-state index in [2.05, 4.69) is 46.8 Å². The Morgan fingerprint density at radius 1 is 1.20 bits per heavy atom. The van der Waals surface area contributed by atoms with Gasteiger partial charge in [-0.15, -0.1) is 0 Å². The predicted octanol–water partition coefficient (Wildman–Crippen LogP) is 2.44. The molecular weight excluding hydrogens is 250 g/mol. The van der Waals surface area contributed by atoms with Crippen LogP contribution in [-0.2, 0) is 17.9 Å². The number of aliphatic imine (C=N–C) groups is 1. The molecule has 110 valence electrons. The molecule has 0 unspecified atom stereocenters. The van der Waals surface area contributed by atoms with Gasteiger partial charge in [-0.2, -0.15) is 0 Å². The molecule has 0 aliphatic heterocycles. The third-order valence-corrected chi connectivity index (χ3v) is 3.18. The molecule has 1 aromatic rings. The lowest BCUT2D eigenvalue weighted by molar-refractivity contribution is 0.134. The summed E-state index contributed by atoms with van der Waals surface area (Å²) >= 11 is 0. The third kappa shape index (κ3) is 5.21. The first-order valence-electron chi connectivity index (χ1n) is 7.52. The summed E-state index contributed by atoms with van der Waals surface area (Å²) in [5.74, 6) is 0.924. The molecule has 0 spiro atoms. The Kier molecular flexibility index (Phi) is 5.87. The van der Waals surface area contributed by atoms with Crippen LogP contribution in [0.25, 0.3) is 0 Å². The van der Waals surface area contributed by atoms with Gasteiger partial charge in [0.05, 0.1) is 13.2 Å². The van der Waals surface area contributed by atoms with Crippen molar-refractivity contribution in [3.05, 3.63) is 35.4 Å². The number of hydrogen-bond donors (Lipinski definition) is 2. The zero-order valence-corrected chi connectivity index (χ0v) is 12.5. The Bertz CT molecular complexity index is 424. The normalized spacial score (nSPS) is 15.2. The Morgan fingerprint density at radius 3 is 2.50 bits per heavy atom. The number of hydrogen-bond acceptors (Lipinski definition) is 2. The summed E-state index contributed by atoms with van der Waals surface area (Å²) in [5, 5.41) is 6.70. The molecule has 0 amide bonds. The number of benzene rings is 1. The van der Waals surface area contributed by atoms with Crippen LogP contribution in [0.4, 0.5) is 0 Å². The molecule has 1 aliphatic carbocycles. The van der Waals surface area contributed by atoms with Gasteiger partial charge in [0.2, 0.25) is 0 Å². The van der Waals surface area contributed by atoms with Crippen LogP contribution in [0.2, 0.25) is 0 Å². The molecule has 1 aliphatic rings. The van der Waals surface area contributed by atoms with E-state index in [0.29, 0.717) is 19.2 Å². The van der Waals surface area contributed by atoms with Crippen molar-refractivity contribution in [3.8, 4) is 0 Å². The van der Waals surface area contributed by atoms with Gasteiger partial charge in [0.25, 0.3) is 0 Å². The van der Waals surface area contributed by atoms with Crippen LogP contribution in [0, 0.1) is 0 Å². The standard InChI is InChI=1S/C16H25N3O/c1-3-17-16(19-15-9-10-15)18-11-13-5-7-14(8-6-13)12-20-4-2/h5-8,15H,3-4,9-12H2,1-2H3,(H2,17,18,19). The summed E-state index contributed by atoms with van der Waals surface area (Å²) in [4.78, 5) is 4.62. The Labute approximate surface area is 121 Å². The summed E-state index contributed by atoms with van der Waals surface area (Å²) in [7, 11) is 0. The highest BCUT2D eigenvalue weighted by Gasteiger charge is 2.21. The molecule has 2 rings (SSSR count). The molecule has 0 atom stereocenters. The van der Waals surface area contributed by atoms with Gasteiger partial charge in [-0.05, 0) is 37.8 Å². The lowest BCUT2D eigenvalue weighted by Crippen LogP contribution is -2.38. The maximum atomic E-state index is 5.39. The highest BCUT2D eigenvalue weighted by molar-refractivity contribution is 5.80. The molecule has 0 saturated heterocycles. The van der Waals surface area contributed by atoms with E-state index in [1.165, 1.54) is 24.0 Å². The highest BCUT2D eigenvalue weighted by atomic mass is 16.5. The number of ether oxygens (including phenoxy) is 1. The first kappa shape index (κ1) is 14.9. The van der Waals surface area contributed by atoms with Crippen molar-refractivity contribution in [3.63, 3.8) is 0 Å². The average molecular weight is 275 g/mol. The fourth-order valence-corrected chi connectivity index (χ4v) is 1.87. The second-order valence-corrected chi connectivity index (χ2v) is 5.07. The maximum absolute atomic E-state index is 5.39. The van der Waals surface area contributed by atoms with Crippen LogP contribution in [0.15, 0.2) is 29.3 Å². The van der Waals surface area contributed by atoms with Crippen molar-refractivity contribution in [1.82, 2.24) is 10.6 Å². The molecular formula is C16H25N3O. The van der Waals surface area contributed by atoms with Crippen molar-refractivity contribution in [2.24, 2.45) is 4.99 Å². The van der Waals surface area contributed by atoms with E-state index in [-0.39, 0.29) is 0 Å². The largest absolute Gasteiger partial charge is 0.377 e. The van der Waals surface area contributed by atoms with Crippen molar-refractivity contribution in [2.75, 3.05) is 13.2 Å². The summed E-state index contributed by atoms with van der Waals surface area (Å²) in [6.07, 6.45) is 2.52. The van der Waals surface area contributed by atoms with Crippen LogP contribution < -0.4 is 10.6 Å². The third-order valence-electron chi connectivity index (χ3n) is 3.18. The minimum absolute atomic E-state index is 0.626. The zero-order valence-electron chi connectivity index (χ0n) is 12.5. The van der Waals surface area contributed by atoms with Crippen LogP contribution >= 0.6 is 0 Å². The van der Waals surface area contributed by atoms with Gasteiger partial charge >= 0.3 is 0 Å². The Hall–Kier alpha value is -1.55. The minimum atomic E-state index is 0.626. The number of nitrogens with zero attached hydrogens (tertiary/aromatic N) is 1. The lowest BCUT2D eigenvalue weighted by atomic mass is 10.1. The van der Waals surface area contributed by atoms with Crippen LogP contribution in [-0.4, -0.2) is 25.2 Å². The number of guanidine groups is 1. The van der Waals surface area contributed by atoms with E-state index in [1.807, 2.05) is 6.92 Å².